The van der Waals surface area contributed by atoms with E-state index in [1.54, 1.807) is 0 Å². The highest BCUT2D eigenvalue weighted by atomic mass is 16.1. The topological polar surface area (TPSA) is 80.0 Å². The number of nitrogens with zero attached hydrogens (tertiary/aromatic N) is 1. The van der Waals surface area contributed by atoms with Gasteiger partial charge in [0.2, 0.25) is 5.91 Å². The zero-order valence-electron chi connectivity index (χ0n) is 21.9. The standard InChI is InChI=1S/C30H44N4O/c1-4-23(19(2)3)18-32-10-11-33-27-9-8-24-25(6-5-7-26(24)34-27)28(29(31)35)30-15-20-12-21(16-30)14-22(13-20)17-30/h5-9,19-23,28,32H,4,10-18H2,1-3H3,(H2,31,35)(H,33,34). The molecule has 4 N–H and O–H groups in total. The maximum atomic E-state index is 13.0. The molecule has 1 heterocycles. The summed E-state index contributed by atoms with van der Waals surface area (Å²) in [6.45, 7) is 9.68. The number of hydrogen-bond donors (Lipinski definition) is 3. The Kier molecular flexibility index (Phi) is 7.07. The van der Waals surface area contributed by atoms with Crippen LogP contribution in [-0.2, 0) is 4.79 Å². The van der Waals surface area contributed by atoms with Crippen LogP contribution >= 0.6 is 0 Å². The molecule has 0 aliphatic heterocycles. The molecule has 2 atom stereocenters. The number of hydrogen-bond acceptors (Lipinski definition) is 4. The van der Waals surface area contributed by atoms with Gasteiger partial charge in [-0.15, -0.1) is 0 Å². The van der Waals surface area contributed by atoms with Gasteiger partial charge in [-0.25, -0.2) is 4.98 Å². The van der Waals surface area contributed by atoms with E-state index >= 15 is 0 Å². The van der Waals surface area contributed by atoms with Crippen LogP contribution in [0.1, 0.15) is 77.2 Å². The molecule has 4 fully saturated rings. The zero-order valence-corrected chi connectivity index (χ0v) is 21.9. The molecule has 4 aliphatic rings. The number of rotatable bonds is 11. The van der Waals surface area contributed by atoms with E-state index in [4.69, 9.17) is 10.7 Å². The number of anilines is 1. The predicted octanol–water partition coefficient (Wildman–Crippen LogP) is 5.70. The first kappa shape index (κ1) is 24.5. The molecular formula is C30H44N4O. The SMILES string of the molecule is CCC(CNCCNc1ccc2c(C(C(N)=O)C34CC5CC(CC(C5)C3)C4)cccc2n1)C(C)C. The number of pyridine rings is 1. The van der Waals surface area contributed by atoms with Gasteiger partial charge >= 0.3 is 0 Å². The van der Waals surface area contributed by atoms with Crippen LogP contribution < -0.4 is 16.4 Å². The highest BCUT2D eigenvalue weighted by Crippen LogP contribution is 2.64. The Hall–Kier alpha value is -2.14. The van der Waals surface area contributed by atoms with E-state index in [2.05, 4.69) is 61.7 Å². The van der Waals surface area contributed by atoms with Gasteiger partial charge in [-0.05, 0) is 104 Å². The molecule has 0 radical (unpaired) electrons. The number of carbonyl (C=O) groups excluding carboxylic acids is 1. The second-order valence-electron chi connectivity index (χ2n) is 12.3. The molecule has 4 bridgehead atoms. The van der Waals surface area contributed by atoms with Crippen LogP contribution in [0.2, 0.25) is 0 Å². The van der Waals surface area contributed by atoms with E-state index in [0.717, 1.165) is 65.6 Å². The molecule has 4 saturated carbocycles. The number of carbonyl (C=O) groups is 1. The summed E-state index contributed by atoms with van der Waals surface area (Å²) in [5, 5.41) is 8.14. The van der Waals surface area contributed by atoms with E-state index in [1.165, 1.54) is 44.9 Å². The summed E-state index contributed by atoms with van der Waals surface area (Å²) >= 11 is 0. The minimum absolute atomic E-state index is 0.0454. The lowest BCUT2D eigenvalue weighted by atomic mass is 9.45. The van der Waals surface area contributed by atoms with Crippen molar-refractivity contribution in [3.05, 3.63) is 35.9 Å². The van der Waals surface area contributed by atoms with Crippen LogP contribution in [0.3, 0.4) is 0 Å². The number of benzene rings is 1. The van der Waals surface area contributed by atoms with Gasteiger partial charge in [0.05, 0.1) is 11.4 Å². The number of primary amides is 1. The molecule has 4 aliphatic carbocycles. The van der Waals surface area contributed by atoms with Crippen molar-refractivity contribution in [2.45, 2.75) is 71.6 Å². The van der Waals surface area contributed by atoms with Crippen LogP contribution in [0.15, 0.2) is 30.3 Å². The van der Waals surface area contributed by atoms with E-state index in [0.29, 0.717) is 5.92 Å². The fourth-order valence-corrected chi connectivity index (χ4v) is 8.26. The third-order valence-corrected chi connectivity index (χ3v) is 9.54. The van der Waals surface area contributed by atoms with Crippen LogP contribution in [0.25, 0.3) is 10.9 Å². The van der Waals surface area contributed by atoms with Gasteiger partial charge in [-0.2, -0.15) is 0 Å². The molecule has 35 heavy (non-hydrogen) atoms. The minimum atomic E-state index is -0.211. The second kappa shape index (κ2) is 10.1. The lowest BCUT2D eigenvalue weighted by Crippen LogP contribution is -2.51. The molecule has 0 spiro atoms. The van der Waals surface area contributed by atoms with Gasteiger partial charge in [-0.1, -0.05) is 39.3 Å². The van der Waals surface area contributed by atoms with Crippen molar-refractivity contribution in [3.8, 4) is 0 Å². The van der Waals surface area contributed by atoms with Crippen molar-refractivity contribution in [1.82, 2.24) is 10.3 Å². The molecule has 6 rings (SSSR count). The molecule has 2 unspecified atom stereocenters. The van der Waals surface area contributed by atoms with Gasteiger partial charge in [0.15, 0.2) is 0 Å². The smallest absolute Gasteiger partial charge is 0.225 e. The van der Waals surface area contributed by atoms with E-state index in [9.17, 15) is 4.79 Å². The van der Waals surface area contributed by atoms with Gasteiger partial charge in [0.1, 0.15) is 5.82 Å². The van der Waals surface area contributed by atoms with Crippen LogP contribution in [0.5, 0.6) is 0 Å². The lowest BCUT2D eigenvalue weighted by Gasteiger charge is -2.59. The first-order valence-electron chi connectivity index (χ1n) is 14.0. The third-order valence-electron chi connectivity index (χ3n) is 9.54. The fourth-order valence-electron chi connectivity index (χ4n) is 8.26. The lowest BCUT2D eigenvalue weighted by molar-refractivity contribution is -0.130. The Balaban J connectivity index is 1.31. The maximum absolute atomic E-state index is 13.0. The summed E-state index contributed by atoms with van der Waals surface area (Å²) in [4.78, 5) is 17.9. The van der Waals surface area contributed by atoms with Crippen molar-refractivity contribution >= 4 is 22.6 Å². The van der Waals surface area contributed by atoms with E-state index < -0.39 is 0 Å². The summed E-state index contributed by atoms with van der Waals surface area (Å²) in [6, 6.07) is 10.5. The average molecular weight is 477 g/mol. The number of nitrogens with two attached hydrogens (primary N) is 1. The minimum Gasteiger partial charge on any atom is -0.369 e. The Morgan fingerprint density at radius 3 is 2.34 bits per heavy atom. The van der Waals surface area contributed by atoms with Crippen LogP contribution in [0, 0.1) is 35.0 Å². The average Bonchev–Trinajstić information content (AvgIpc) is 2.80. The second-order valence-corrected chi connectivity index (χ2v) is 12.3. The van der Waals surface area contributed by atoms with Crippen molar-refractivity contribution in [1.29, 1.82) is 0 Å². The third kappa shape index (κ3) is 4.94. The summed E-state index contributed by atoms with van der Waals surface area (Å²) < 4.78 is 0. The molecule has 190 valence electrons. The predicted molar refractivity (Wildman–Crippen MR) is 144 cm³/mol. The van der Waals surface area contributed by atoms with Crippen LogP contribution in [-0.4, -0.2) is 30.5 Å². The summed E-state index contributed by atoms with van der Waals surface area (Å²) in [5.74, 6) is 4.31. The van der Waals surface area contributed by atoms with Gasteiger partial charge in [-0.3, -0.25) is 4.79 Å². The van der Waals surface area contributed by atoms with E-state index in [1.807, 2.05) is 0 Å². The molecule has 2 aromatic rings. The van der Waals surface area contributed by atoms with Gasteiger partial charge < -0.3 is 16.4 Å². The number of nitrogens with one attached hydrogen (secondary N) is 2. The van der Waals surface area contributed by atoms with Crippen molar-refractivity contribution in [2.75, 3.05) is 25.0 Å². The first-order chi connectivity index (χ1) is 16.9. The molecule has 0 saturated heterocycles. The fraction of sp³-hybridized carbons (Fsp3) is 0.667. The van der Waals surface area contributed by atoms with Crippen molar-refractivity contribution < 1.29 is 4.79 Å². The molecule has 1 aromatic carbocycles. The Labute approximate surface area is 211 Å². The summed E-state index contributed by atoms with van der Waals surface area (Å²) in [6.07, 6.45) is 8.80. The Bertz CT molecular complexity index is 1010. The molecule has 5 nitrogen and oxygen atoms in total. The highest BCUT2D eigenvalue weighted by Gasteiger charge is 2.56. The summed E-state index contributed by atoms with van der Waals surface area (Å²) in [5.41, 5.74) is 8.26. The maximum Gasteiger partial charge on any atom is 0.225 e. The van der Waals surface area contributed by atoms with Gasteiger partial charge in [0.25, 0.3) is 0 Å². The zero-order chi connectivity index (χ0) is 24.6. The molecule has 1 aromatic heterocycles. The van der Waals surface area contributed by atoms with Crippen LogP contribution in [0.4, 0.5) is 5.82 Å². The summed E-state index contributed by atoms with van der Waals surface area (Å²) in [7, 11) is 0. The Morgan fingerprint density at radius 1 is 1.06 bits per heavy atom. The quantitative estimate of drug-likeness (QED) is 0.363. The number of aromatic nitrogens is 1. The monoisotopic (exact) mass is 476 g/mol. The molecule has 1 amide bonds. The normalized spacial score (nSPS) is 29.0. The van der Waals surface area contributed by atoms with Gasteiger partial charge in [0, 0.05) is 18.5 Å². The highest BCUT2D eigenvalue weighted by molar-refractivity contribution is 5.92. The number of amides is 1. The molecular weight excluding hydrogens is 432 g/mol. The Morgan fingerprint density at radius 2 is 1.74 bits per heavy atom. The largest absolute Gasteiger partial charge is 0.369 e. The first-order valence-corrected chi connectivity index (χ1v) is 14.0. The molecule has 5 heteroatoms. The van der Waals surface area contributed by atoms with Crippen molar-refractivity contribution in [3.63, 3.8) is 0 Å². The van der Waals surface area contributed by atoms with E-state index in [-0.39, 0.29) is 17.2 Å². The van der Waals surface area contributed by atoms with Crippen molar-refractivity contribution in [2.24, 2.45) is 40.7 Å². The number of fused-ring (bicyclic) bond motifs is 1.